The molecule has 3 N–H and O–H groups in total. The second-order valence-corrected chi connectivity index (χ2v) is 2.93. The number of nitriles is 1. The van der Waals surface area contributed by atoms with Crippen molar-refractivity contribution < 1.29 is 4.52 Å². The topological polar surface area (TPSA) is 114 Å². The molecule has 0 saturated carbocycles. The predicted molar refractivity (Wildman–Crippen MR) is 55.0 cm³/mol. The summed E-state index contributed by atoms with van der Waals surface area (Å²) >= 11 is 0. The zero-order valence-electron chi connectivity index (χ0n) is 8.21. The van der Waals surface area contributed by atoms with Crippen molar-refractivity contribution >= 4 is 11.5 Å². The normalized spacial score (nSPS) is 9.69. The molecular weight excluding hydrogens is 208 g/mol. The molecule has 0 atom stereocenters. The van der Waals surface area contributed by atoms with E-state index >= 15 is 0 Å². The van der Waals surface area contributed by atoms with Gasteiger partial charge < -0.3 is 15.6 Å². The van der Waals surface area contributed by atoms with Crippen molar-refractivity contribution in [2.45, 2.75) is 6.54 Å². The molecule has 0 aliphatic heterocycles. The third-order valence-corrected chi connectivity index (χ3v) is 1.93. The molecule has 0 saturated heterocycles. The summed E-state index contributed by atoms with van der Waals surface area (Å²) in [6, 6.07) is 3.52. The maximum atomic E-state index is 8.77. The van der Waals surface area contributed by atoms with Gasteiger partial charge in [-0.15, -0.1) is 0 Å². The molecule has 0 aromatic carbocycles. The number of pyridine rings is 1. The lowest BCUT2D eigenvalue weighted by atomic mass is 10.2. The first-order valence-corrected chi connectivity index (χ1v) is 4.45. The summed E-state index contributed by atoms with van der Waals surface area (Å²) in [7, 11) is 0. The molecule has 16 heavy (non-hydrogen) atoms. The number of anilines is 2. The van der Waals surface area contributed by atoms with Gasteiger partial charge in [0.2, 0.25) is 6.39 Å². The van der Waals surface area contributed by atoms with Gasteiger partial charge in [-0.1, -0.05) is 5.16 Å². The molecule has 0 unspecified atom stereocenters. The zero-order chi connectivity index (χ0) is 11.4. The maximum absolute atomic E-state index is 8.77. The lowest BCUT2D eigenvalue weighted by Crippen LogP contribution is -2.06. The first kappa shape index (κ1) is 9.92. The van der Waals surface area contributed by atoms with Gasteiger partial charge in [-0.3, -0.25) is 0 Å². The van der Waals surface area contributed by atoms with Gasteiger partial charge in [0.05, 0.1) is 17.8 Å². The summed E-state index contributed by atoms with van der Waals surface area (Å²) in [5.74, 6) is 0.924. The fraction of sp³-hybridized carbons (Fsp3) is 0.111. The molecule has 0 amide bonds. The average molecular weight is 216 g/mol. The van der Waals surface area contributed by atoms with Crippen molar-refractivity contribution in [2.24, 2.45) is 0 Å². The van der Waals surface area contributed by atoms with E-state index in [-0.39, 0.29) is 0 Å². The third-order valence-electron chi connectivity index (χ3n) is 1.93. The van der Waals surface area contributed by atoms with Crippen molar-refractivity contribution in [3.63, 3.8) is 0 Å². The summed E-state index contributed by atoms with van der Waals surface area (Å²) in [4.78, 5) is 7.84. The van der Waals surface area contributed by atoms with Gasteiger partial charge in [0.25, 0.3) is 0 Å². The minimum Gasteiger partial charge on any atom is -0.395 e. The van der Waals surface area contributed by atoms with E-state index in [2.05, 4.69) is 25.0 Å². The highest BCUT2D eigenvalue weighted by Crippen LogP contribution is 2.19. The third kappa shape index (κ3) is 1.90. The van der Waals surface area contributed by atoms with Crippen molar-refractivity contribution in [3.05, 3.63) is 30.0 Å². The van der Waals surface area contributed by atoms with Crippen LogP contribution in [-0.4, -0.2) is 15.1 Å². The molecule has 7 heteroatoms. The second kappa shape index (κ2) is 4.27. The van der Waals surface area contributed by atoms with Crippen LogP contribution in [0.2, 0.25) is 0 Å². The Morgan fingerprint density at radius 3 is 3.06 bits per heavy atom. The summed E-state index contributed by atoms with van der Waals surface area (Å²) in [5.41, 5.74) is 6.42. The number of nitrogen functional groups attached to an aromatic ring is 1. The SMILES string of the molecule is N#Cc1ccnc(NCc2ncon2)c1N. The Labute approximate surface area is 90.9 Å². The van der Waals surface area contributed by atoms with Crippen molar-refractivity contribution in [3.8, 4) is 6.07 Å². The van der Waals surface area contributed by atoms with Gasteiger partial charge in [0, 0.05) is 6.20 Å². The predicted octanol–water partition coefficient (Wildman–Crippen LogP) is 0.531. The Morgan fingerprint density at radius 1 is 1.50 bits per heavy atom. The molecule has 80 valence electrons. The lowest BCUT2D eigenvalue weighted by molar-refractivity contribution is 0.411. The van der Waals surface area contributed by atoms with Gasteiger partial charge in [0.15, 0.2) is 11.6 Å². The minimum absolute atomic E-state index is 0.313. The van der Waals surface area contributed by atoms with E-state index in [1.54, 1.807) is 6.07 Å². The standard InChI is InChI=1S/C9H8N6O/c10-3-6-1-2-12-9(8(6)11)13-4-7-14-5-16-15-7/h1-2,5H,4,11H2,(H,12,13). The van der Waals surface area contributed by atoms with Crippen LogP contribution in [0.1, 0.15) is 11.4 Å². The van der Waals surface area contributed by atoms with Crippen LogP contribution in [-0.2, 0) is 6.54 Å². The number of nitrogens with two attached hydrogens (primary N) is 1. The van der Waals surface area contributed by atoms with Gasteiger partial charge >= 0.3 is 0 Å². The number of aromatic nitrogens is 3. The number of nitrogens with zero attached hydrogens (tertiary/aromatic N) is 4. The molecular formula is C9H8N6O. The van der Waals surface area contributed by atoms with Crippen LogP contribution in [0.4, 0.5) is 11.5 Å². The second-order valence-electron chi connectivity index (χ2n) is 2.93. The van der Waals surface area contributed by atoms with Gasteiger partial charge in [-0.25, -0.2) is 4.98 Å². The highest BCUT2D eigenvalue weighted by molar-refractivity contribution is 5.68. The van der Waals surface area contributed by atoms with E-state index in [9.17, 15) is 0 Å². The van der Waals surface area contributed by atoms with E-state index in [1.807, 2.05) is 6.07 Å². The quantitative estimate of drug-likeness (QED) is 0.769. The summed E-state index contributed by atoms with van der Waals surface area (Å²) < 4.78 is 4.57. The molecule has 7 nitrogen and oxygen atoms in total. The summed E-state index contributed by atoms with van der Waals surface area (Å²) in [6.45, 7) is 0.336. The van der Waals surface area contributed by atoms with Gasteiger partial charge in [-0.05, 0) is 6.07 Å². The van der Waals surface area contributed by atoms with Crippen LogP contribution < -0.4 is 11.1 Å². The Kier molecular flexibility index (Phi) is 2.65. The molecule has 2 heterocycles. The van der Waals surface area contributed by atoms with Crippen LogP contribution >= 0.6 is 0 Å². The molecule has 2 aromatic heterocycles. The van der Waals surface area contributed by atoms with E-state index in [0.29, 0.717) is 29.4 Å². The fourth-order valence-electron chi connectivity index (χ4n) is 1.14. The number of nitrogens with one attached hydrogen (secondary N) is 1. The van der Waals surface area contributed by atoms with E-state index in [1.165, 1.54) is 12.6 Å². The van der Waals surface area contributed by atoms with Gasteiger partial charge in [0.1, 0.15) is 6.07 Å². The Balaban J connectivity index is 2.13. The van der Waals surface area contributed by atoms with E-state index in [4.69, 9.17) is 11.0 Å². The molecule has 0 aliphatic carbocycles. The van der Waals surface area contributed by atoms with Crippen molar-refractivity contribution in [1.82, 2.24) is 15.1 Å². The monoisotopic (exact) mass is 216 g/mol. The first-order chi connectivity index (χ1) is 7.81. The number of hydrogen-bond acceptors (Lipinski definition) is 7. The molecule has 0 aliphatic rings. The molecule has 2 rings (SSSR count). The van der Waals surface area contributed by atoms with Crippen molar-refractivity contribution in [2.75, 3.05) is 11.1 Å². The average Bonchev–Trinajstić information content (AvgIpc) is 2.81. The van der Waals surface area contributed by atoms with E-state index in [0.717, 1.165) is 0 Å². The Morgan fingerprint density at radius 2 is 2.38 bits per heavy atom. The maximum Gasteiger partial charge on any atom is 0.213 e. The van der Waals surface area contributed by atoms with Crippen LogP contribution in [0.15, 0.2) is 23.2 Å². The number of hydrogen-bond donors (Lipinski definition) is 2. The van der Waals surface area contributed by atoms with Gasteiger partial charge in [-0.2, -0.15) is 10.2 Å². The summed E-state index contributed by atoms with van der Waals surface area (Å²) in [5, 5.41) is 15.3. The van der Waals surface area contributed by atoms with Crippen LogP contribution in [0.3, 0.4) is 0 Å². The van der Waals surface area contributed by atoms with Crippen LogP contribution in [0, 0.1) is 11.3 Å². The minimum atomic E-state index is 0.313. The highest BCUT2D eigenvalue weighted by atomic mass is 16.5. The molecule has 0 spiro atoms. The lowest BCUT2D eigenvalue weighted by Gasteiger charge is -2.06. The van der Waals surface area contributed by atoms with Crippen molar-refractivity contribution in [1.29, 1.82) is 5.26 Å². The largest absolute Gasteiger partial charge is 0.395 e. The Bertz CT molecular complexity index is 515. The smallest absolute Gasteiger partial charge is 0.213 e. The van der Waals surface area contributed by atoms with Crippen LogP contribution in [0.5, 0.6) is 0 Å². The molecule has 0 fully saturated rings. The zero-order valence-corrected chi connectivity index (χ0v) is 8.21. The Hall–Kier alpha value is -2.62. The first-order valence-electron chi connectivity index (χ1n) is 4.45. The molecule has 0 bridgehead atoms. The van der Waals surface area contributed by atoms with E-state index < -0.39 is 0 Å². The highest BCUT2D eigenvalue weighted by Gasteiger charge is 2.06. The molecule has 0 radical (unpaired) electrons. The fourth-order valence-corrected chi connectivity index (χ4v) is 1.14. The molecule has 2 aromatic rings. The number of rotatable bonds is 3. The summed E-state index contributed by atoms with van der Waals surface area (Å²) in [6.07, 6.45) is 2.74. The van der Waals surface area contributed by atoms with Crippen LogP contribution in [0.25, 0.3) is 0 Å².